The zero-order valence-electron chi connectivity index (χ0n) is 8.71. The largest absolute Gasteiger partial charge is 0.398 e. The molecule has 4 N–H and O–H groups in total. The van der Waals surface area contributed by atoms with E-state index >= 15 is 0 Å². The highest BCUT2D eigenvalue weighted by Gasteiger charge is 2.10. The summed E-state index contributed by atoms with van der Waals surface area (Å²) in [4.78, 5) is 22.5. The average molecular weight is 242 g/mol. The first kappa shape index (κ1) is 12.3. The lowest BCUT2D eigenvalue weighted by molar-refractivity contribution is -0.119. The number of hydrogen-bond donors (Lipinski definition) is 3. The average Bonchev–Trinajstić information content (AvgIpc) is 2.28. The van der Waals surface area contributed by atoms with Crippen molar-refractivity contribution >= 4 is 29.1 Å². The maximum absolute atomic E-state index is 11.6. The molecule has 0 atom stereocenters. The Balaban J connectivity index is 2.73. The predicted molar refractivity (Wildman–Crippen MR) is 62.3 cm³/mol. The zero-order valence-corrected chi connectivity index (χ0v) is 9.47. The predicted octanol–water partition coefficient (Wildman–Crippen LogP) is 0.398. The van der Waals surface area contributed by atoms with E-state index in [1.165, 1.54) is 19.2 Å². The highest BCUT2D eigenvalue weighted by atomic mass is 35.5. The molecule has 0 spiro atoms. The van der Waals surface area contributed by atoms with E-state index in [4.69, 9.17) is 17.3 Å². The summed E-state index contributed by atoms with van der Waals surface area (Å²) in [6.07, 6.45) is 0. The second kappa shape index (κ2) is 5.37. The number of amides is 2. The Labute approximate surface area is 98.0 Å². The minimum absolute atomic E-state index is 0.0959. The Kier molecular flexibility index (Phi) is 4.13. The van der Waals surface area contributed by atoms with Gasteiger partial charge in [-0.05, 0) is 18.2 Å². The van der Waals surface area contributed by atoms with Gasteiger partial charge in [-0.2, -0.15) is 0 Å². The molecular weight excluding hydrogens is 230 g/mol. The standard InChI is InChI=1S/C10H12ClN3O2/c1-13-9(15)5-14-10(16)7-4-6(11)2-3-8(7)12/h2-4H,5,12H2,1H3,(H,13,15)(H,14,16). The number of nitrogens with two attached hydrogens (primary N) is 1. The number of nitrogen functional groups attached to an aromatic ring is 1. The Morgan fingerprint density at radius 3 is 2.75 bits per heavy atom. The lowest BCUT2D eigenvalue weighted by atomic mass is 10.1. The van der Waals surface area contributed by atoms with Crippen molar-refractivity contribution in [3.05, 3.63) is 28.8 Å². The first-order valence-electron chi connectivity index (χ1n) is 4.58. The number of rotatable bonds is 3. The molecule has 0 aliphatic heterocycles. The number of likely N-dealkylation sites (N-methyl/N-ethyl adjacent to an activating group) is 1. The van der Waals surface area contributed by atoms with E-state index in [1.54, 1.807) is 6.07 Å². The summed E-state index contributed by atoms with van der Waals surface area (Å²) >= 11 is 5.74. The SMILES string of the molecule is CNC(=O)CNC(=O)c1cc(Cl)ccc1N. The van der Waals surface area contributed by atoms with E-state index in [2.05, 4.69) is 10.6 Å². The van der Waals surface area contributed by atoms with Crippen LogP contribution in [0.4, 0.5) is 5.69 Å². The van der Waals surface area contributed by atoms with Crippen LogP contribution in [0.2, 0.25) is 5.02 Å². The monoisotopic (exact) mass is 241 g/mol. The summed E-state index contributed by atoms with van der Waals surface area (Å²) < 4.78 is 0. The fourth-order valence-electron chi connectivity index (χ4n) is 1.07. The third-order valence-electron chi connectivity index (χ3n) is 1.95. The fraction of sp³-hybridized carbons (Fsp3) is 0.200. The highest BCUT2D eigenvalue weighted by Crippen LogP contribution is 2.17. The number of carbonyl (C=O) groups excluding carboxylic acids is 2. The highest BCUT2D eigenvalue weighted by molar-refractivity contribution is 6.31. The van der Waals surface area contributed by atoms with E-state index in [0.29, 0.717) is 10.7 Å². The lowest BCUT2D eigenvalue weighted by Crippen LogP contribution is -2.35. The molecule has 1 rings (SSSR count). The van der Waals surface area contributed by atoms with Crippen LogP contribution in [0.15, 0.2) is 18.2 Å². The smallest absolute Gasteiger partial charge is 0.253 e. The van der Waals surface area contributed by atoms with Crippen LogP contribution in [0.5, 0.6) is 0 Å². The van der Waals surface area contributed by atoms with Gasteiger partial charge in [-0.15, -0.1) is 0 Å². The van der Waals surface area contributed by atoms with Gasteiger partial charge in [0.2, 0.25) is 5.91 Å². The number of halogens is 1. The van der Waals surface area contributed by atoms with Gasteiger partial charge in [-0.1, -0.05) is 11.6 Å². The number of carbonyl (C=O) groups is 2. The van der Waals surface area contributed by atoms with E-state index < -0.39 is 5.91 Å². The molecule has 1 aromatic rings. The summed E-state index contributed by atoms with van der Waals surface area (Å²) in [5.74, 6) is -0.711. The van der Waals surface area contributed by atoms with Crippen molar-refractivity contribution in [3.8, 4) is 0 Å². The molecule has 0 bridgehead atoms. The Morgan fingerprint density at radius 2 is 2.12 bits per heavy atom. The van der Waals surface area contributed by atoms with Crippen molar-refractivity contribution < 1.29 is 9.59 Å². The third kappa shape index (κ3) is 3.13. The van der Waals surface area contributed by atoms with Gasteiger partial charge >= 0.3 is 0 Å². The molecule has 0 fully saturated rings. The van der Waals surface area contributed by atoms with Crippen LogP contribution in [-0.4, -0.2) is 25.4 Å². The number of benzene rings is 1. The van der Waals surface area contributed by atoms with Crippen molar-refractivity contribution in [1.82, 2.24) is 10.6 Å². The maximum Gasteiger partial charge on any atom is 0.253 e. The normalized spacial score (nSPS) is 9.62. The minimum atomic E-state index is -0.427. The molecule has 2 amide bonds. The second-order valence-electron chi connectivity index (χ2n) is 3.09. The first-order valence-corrected chi connectivity index (χ1v) is 4.96. The Morgan fingerprint density at radius 1 is 1.44 bits per heavy atom. The van der Waals surface area contributed by atoms with Crippen LogP contribution < -0.4 is 16.4 Å². The number of hydrogen-bond acceptors (Lipinski definition) is 3. The van der Waals surface area contributed by atoms with Crippen LogP contribution in [0, 0.1) is 0 Å². The molecule has 16 heavy (non-hydrogen) atoms. The number of anilines is 1. The van der Waals surface area contributed by atoms with E-state index in [9.17, 15) is 9.59 Å². The summed E-state index contributed by atoms with van der Waals surface area (Å²) in [6, 6.07) is 4.58. The van der Waals surface area contributed by atoms with Crippen LogP contribution in [0.3, 0.4) is 0 Å². The van der Waals surface area contributed by atoms with Crippen molar-refractivity contribution in [2.45, 2.75) is 0 Å². The van der Waals surface area contributed by atoms with Crippen molar-refractivity contribution in [3.63, 3.8) is 0 Å². The fourth-order valence-corrected chi connectivity index (χ4v) is 1.24. The molecule has 5 nitrogen and oxygen atoms in total. The molecule has 0 unspecified atom stereocenters. The zero-order chi connectivity index (χ0) is 12.1. The van der Waals surface area contributed by atoms with Crippen LogP contribution in [0.1, 0.15) is 10.4 Å². The maximum atomic E-state index is 11.6. The van der Waals surface area contributed by atoms with Gasteiger partial charge in [0.25, 0.3) is 5.91 Å². The van der Waals surface area contributed by atoms with Gasteiger partial charge < -0.3 is 16.4 Å². The number of nitrogens with one attached hydrogen (secondary N) is 2. The lowest BCUT2D eigenvalue weighted by Gasteiger charge is -2.07. The summed E-state index contributed by atoms with van der Waals surface area (Å²) in [6.45, 7) is -0.0959. The minimum Gasteiger partial charge on any atom is -0.398 e. The van der Waals surface area contributed by atoms with Crippen LogP contribution >= 0.6 is 11.6 Å². The van der Waals surface area contributed by atoms with Gasteiger partial charge in [0.05, 0.1) is 12.1 Å². The molecule has 0 radical (unpaired) electrons. The summed E-state index contributed by atoms with van der Waals surface area (Å²) in [5, 5.41) is 5.23. The molecular formula is C10H12ClN3O2. The molecule has 0 aliphatic carbocycles. The van der Waals surface area contributed by atoms with Crippen LogP contribution in [0.25, 0.3) is 0 Å². The van der Waals surface area contributed by atoms with Crippen molar-refractivity contribution in [1.29, 1.82) is 0 Å². The Hall–Kier alpha value is -1.75. The molecule has 0 saturated carbocycles. The van der Waals surface area contributed by atoms with E-state index in [1.807, 2.05) is 0 Å². The van der Waals surface area contributed by atoms with E-state index in [0.717, 1.165) is 0 Å². The molecule has 6 heteroatoms. The molecule has 1 aromatic carbocycles. The van der Waals surface area contributed by atoms with E-state index in [-0.39, 0.29) is 18.0 Å². The van der Waals surface area contributed by atoms with Gasteiger partial charge in [0.1, 0.15) is 0 Å². The quantitative estimate of drug-likeness (QED) is 0.670. The van der Waals surface area contributed by atoms with Gasteiger partial charge in [0, 0.05) is 17.8 Å². The molecule has 0 aromatic heterocycles. The molecule has 0 aliphatic rings. The van der Waals surface area contributed by atoms with Gasteiger partial charge in [-0.25, -0.2) is 0 Å². The molecule has 0 saturated heterocycles. The van der Waals surface area contributed by atoms with Gasteiger partial charge in [0.15, 0.2) is 0 Å². The summed E-state index contributed by atoms with van der Waals surface area (Å²) in [7, 11) is 1.49. The topological polar surface area (TPSA) is 84.2 Å². The Bertz CT molecular complexity index is 421. The van der Waals surface area contributed by atoms with Crippen molar-refractivity contribution in [2.24, 2.45) is 0 Å². The summed E-state index contributed by atoms with van der Waals surface area (Å²) in [5.41, 5.74) is 6.19. The van der Waals surface area contributed by atoms with Crippen LogP contribution in [-0.2, 0) is 4.79 Å². The second-order valence-corrected chi connectivity index (χ2v) is 3.52. The van der Waals surface area contributed by atoms with Gasteiger partial charge in [-0.3, -0.25) is 9.59 Å². The molecule has 86 valence electrons. The first-order chi connectivity index (χ1) is 7.54. The van der Waals surface area contributed by atoms with Crippen molar-refractivity contribution in [2.75, 3.05) is 19.3 Å². The molecule has 0 heterocycles. The third-order valence-corrected chi connectivity index (χ3v) is 2.18.